The van der Waals surface area contributed by atoms with Crippen LogP contribution in [0.4, 0.5) is 13.2 Å². The minimum Gasteiger partial charge on any atom is -0.397 e. The number of nitrogens with one attached hydrogen (secondary N) is 1. The molecule has 33 heavy (non-hydrogen) atoms. The summed E-state index contributed by atoms with van der Waals surface area (Å²) in [5.41, 5.74) is 4.05. The van der Waals surface area contributed by atoms with E-state index in [9.17, 15) is 30.0 Å². The molecule has 1 rings (SSSR count). The van der Waals surface area contributed by atoms with Crippen molar-refractivity contribution in [1.29, 1.82) is 0 Å². The van der Waals surface area contributed by atoms with E-state index in [4.69, 9.17) is 10.9 Å². The highest BCUT2D eigenvalue weighted by atomic mass is 32.2. The fraction of sp³-hybridized carbons (Fsp3) is 0.700. The topological polar surface area (TPSA) is 136 Å². The van der Waals surface area contributed by atoms with Crippen LogP contribution >= 0.6 is 0 Å². The predicted molar refractivity (Wildman–Crippen MR) is 123 cm³/mol. The van der Waals surface area contributed by atoms with Crippen molar-refractivity contribution in [3.8, 4) is 0 Å². The van der Waals surface area contributed by atoms with Crippen molar-refractivity contribution in [2.45, 2.75) is 64.5 Å². The minimum absolute atomic E-state index is 0.0437. The molecule has 0 heterocycles. The van der Waals surface area contributed by atoms with Crippen molar-refractivity contribution in [3.63, 3.8) is 0 Å². The van der Waals surface area contributed by atoms with Gasteiger partial charge in [0.05, 0.1) is 5.70 Å². The maximum absolute atomic E-state index is 13.8. The zero-order valence-electron chi connectivity index (χ0n) is 19.3. The molecule has 0 saturated heterocycles. The highest BCUT2D eigenvalue weighted by molar-refractivity contribution is 7.94. The fourth-order valence-electron chi connectivity index (χ4n) is 3.57. The highest BCUT2D eigenvalue weighted by Gasteiger charge is 2.51. The van der Waals surface area contributed by atoms with Gasteiger partial charge in [0.15, 0.2) is 0 Å². The first kappa shape index (κ1) is 29.5. The maximum Gasteiger partial charge on any atom is 0.400 e. The zero-order valence-corrected chi connectivity index (χ0v) is 20.9. The summed E-state index contributed by atoms with van der Waals surface area (Å²) >= 11 is 0. The van der Waals surface area contributed by atoms with Gasteiger partial charge in [-0.1, -0.05) is 51.9 Å². The van der Waals surface area contributed by atoms with E-state index in [1.54, 1.807) is 0 Å². The van der Waals surface area contributed by atoms with Crippen molar-refractivity contribution in [2.75, 3.05) is 20.6 Å². The van der Waals surface area contributed by atoms with Crippen LogP contribution in [0.5, 0.6) is 0 Å². The first-order valence-corrected chi connectivity index (χ1v) is 13.8. The van der Waals surface area contributed by atoms with E-state index >= 15 is 0 Å². The molecule has 0 aliphatic heterocycles. The largest absolute Gasteiger partial charge is 0.400 e. The lowest BCUT2D eigenvalue weighted by molar-refractivity contribution is -0.152. The summed E-state index contributed by atoms with van der Waals surface area (Å²) in [6, 6.07) is 0. The van der Waals surface area contributed by atoms with Gasteiger partial charge in [-0.25, -0.2) is 26.7 Å². The number of hydrogen-bond donors (Lipinski definition) is 3. The van der Waals surface area contributed by atoms with Crippen LogP contribution in [0.25, 0.3) is 0 Å². The van der Waals surface area contributed by atoms with Gasteiger partial charge in [-0.15, -0.1) is 0 Å². The molecule has 0 fully saturated rings. The molecule has 1 unspecified atom stereocenters. The summed E-state index contributed by atoms with van der Waals surface area (Å²) in [7, 11) is -6.52. The van der Waals surface area contributed by atoms with E-state index in [2.05, 4.69) is 11.6 Å². The number of nitrogens with two attached hydrogens (primary N) is 2. The molecule has 8 nitrogen and oxygen atoms in total. The van der Waals surface area contributed by atoms with Gasteiger partial charge in [0.25, 0.3) is 0 Å². The first-order chi connectivity index (χ1) is 15.1. The third-order valence-corrected chi connectivity index (χ3v) is 7.65. The Balaban J connectivity index is 3.11. The molecule has 192 valence electrons. The summed E-state index contributed by atoms with van der Waals surface area (Å²) in [5.74, 6) is -2.68. The van der Waals surface area contributed by atoms with Crippen LogP contribution in [-0.2, 0) is 20.0 Å². The normalized spacial score (nSPS) is 19.2. The predicted octanol–water partition coefficient (Wildman–Crippen LogP) is 3.03. The quantitative estimate of drug-likeness (QED) is 0.322. The number of primary sulfonamides is 1. The van der Waals surface area contributed by atoms with Crippen LogP contribution in [0.1, 0.15) is 58.3 Å². The SMILES string of the molecule is CCCCCCCCCCNS(=O)(=O)C1=CC(=CN(C)C)C(C(F)(F)F)C(S(N)(=O)=O)=C1N. The summed E-state index contributed by atoms with van der Waals surface area (Å²) in [6.45, 7) is 2.17. The standard InChI is InChI=1S/C20H35F3N4O4S2/c1-4-5-6-7-8-9-10-11-12-26-33(30,31)16-13-15(14-27(2)3)17(20(21,22)23)19(18(16)24)32(25,28)29/h13-14,17,26H,4-12,24H2,1-3H3,(H2,25,28,29). The van der Waals surface area contributed by atoms with Gasteiger partial charge in [-0.3, -0.25) is 0 Å². The van der Waals surface area contributed by atoms with Gasteiger partial charge in [0.2, 0.25) is 20.0 Å². The van der Waals surface area contributed by atoms with E-state index in [0.717, 1.165) is 50.8 Å². The smallest absolute Gasteiger partial charge is 0.397 e. The Morgan fingerprint density at radius 1 is 1.03 bits per heavy atom. The number of halogens is 3. The maximum atomic E-state index is 13.8. The molecule has 0 amide bonds. The molecule has 1 aliphatic carbocycles. The van der Waals surface area contributed by atoms with Gasteiger partial charge in [0.1, 0.15) is 15.7 Å². The molecule has 0 aromatic heterocycles. The molecule has 0 saturated carbocycles. The fourth-order valence-corrected chi connectivity index (χ4v) is 5.91. The summed E-state index contributed by atoms with van der Waals surface area (Å²) in [5, 5.41) is 5.04. The zero-order chi connectivity index (χ0) is 25.4. The lowest BCUT2D eigenvalue weighted by Gasteiger charge is -2.30. The van der Waals surface area contributed by atoms with Crippen molar-refractivity contribution in [1.82, 2.24) is 9.62 Å². The van der Waals surface area contributed by atoms with Gasteiger partial charge < -0.3 is 10.6 Å². The number of alkyl halides is 3. The summed E-state index contributed by atoms with van der Waals surface area (Å²) in [6.07, 6.45) is 4.58. The molecule has 0 aromatic carbocycles. The van der Waals surface area contributed by atoms with Gasteiger partial charge in [-0.05, 0) is 18.1 Å². The number of unbranched alkanes of at least 4 members (excludes halogenated alkanes) is 7. The Morgan fingerprint density at radius 2 is 1.55 bits per heavy atom. The Hall–Kier alpha value is -1.57. The molecular weight excluding hydrogens is 481 g/mol. The number of allylic oxidation sites excluding steroid dienone is 3. The van der Waals surface area contributed by atoms with Crippen LogP contribution in [-0.4, -0.2) is 48.6 Å². The first-order valence-electron chi connectivity index (χ1n) is 10.8. The minimum atomic E-state index is -5.06. The van der Waals surface area contributed by atoms with Crippen LogP contribution in [0.15, 0.2) is 33.4 Å². The molecule has 0 spiro atoms. The third kappa shape index (κ3) is 8.95. The van der Waals surface area contributed by atoms with Crippen molar-refractivity contribution in [3.05, 3.63) is 33.4 Å². The third-order valence-electron chi connectivity index (χ3n) is 5.08. The molecule has 0 radical (unpaired) electrons. The lowest BCUT2D eigenvalue weighted by Crippen LogP contribution is -2.39. The average Bonchev–Trinajstić information content (AvgIpc) is 2.65. The van der Waals surface area contributed by atoms with Crippen LogP contribution in [0.2, 0.25) is 0 Å². The van der Waals surface area contributed by atoms with Gasteiger partial charge in [-0.2, -0.15) is 13.2 Å². The van der Waals surface area contributed by atoms with Crippen LogP contribution in [0.3, 0.4) is 0 Å². The second kappa shape index (κ2) is 12.2. The molecule has 5 N–H and O–H groups in total. The Labute approximate surface area is 195 Å². The number of hydrogen-bond acceptors (Lipinski definition) is 6. The molecule has 0 bridgehead atoms. The Morgan fingerprint density at radius 3 is 2.00 bits per heavy atom. The van der Waals surface area contributed by atoms with Crippen LogP contribution in [0, 0.1) is 5.92 Å². The average molecular weight is 517 g/mol. The van der Waals surface area contributed by atoms with E-state index in [1.807, 2.05) is 0 Å². The Bertz CT molecular complexity index is 970. The van der Waals surface area contributed by atoms with Gasteiger partial charge in [0, 0.05) is 26.8 Å². The second-order valence-corrected chi connectivity index (χ2v) is 11.5. The van der Waals surface area contributed by atoms with Crippen LogP contribution < -0.4 is 15.6 Å². The monoisotopic (exact) mass is 516 g/mol. The van der Waals surface area contributed by atoms with Crippen molar-refractivity contribution >= 4 is 20.0 Å². The molecule has 13 heteroatoms. The number of rotatable bonds is 13. The lowest BCUT2D eigenvalue weighted by atomic mass is 9.92. The van der Waals surface area contributed by atoms with Crippen molar-refractivity contribution in [2.24, 2.45) is 16.8 Å². The summed E-state index contributed by atoms with van der Waals surface area (Å²) < 4.78 is 93.3. The van der Waals surface area contributed by atoms with Crippen molar-refractivity contribution < 1.29 is 30.0 Å². The van der Waals surface area contributed by atoms with Gasteiger partial charge >= 0.3 is 6.18 Å². The molecular formula is C20H35F3N4O4S2. The van der Waals surface area contributed by atoms with E-state index in [-0.39, 0.29) is 6.54 Å². The highest BCUT2D eigenvalue weighted by Crippen LogP contribution is 2.45. The molecule has 1 atom stereocenters. The van der Waals surface area contributed by atoms with E-state index < -0.39 is 53.2 Å². The molecule has 1 aliphatic rings. The van der Waals surface area contributed by atoms with E-state index in [0.29, 0.717) is 6.42 Å². The number of sulfonamides is 2. The number of nitrogens with zero attached hydrogens (tertiary/aromatic N) is 1. The molecule has 0 aromatic rings. The van der Waals surface area contributed by atoms with E-state index in [1.165, 1.54) is 25.4 Å². The second-order valence-electron chi connectivity index (χ2n) is 8.27. The Kier molecular flexibility index (Phi) is 10.9. The summed E-state index contributed by atoms with van der Waals surface area (Å²) in [4.78, 5) is -0.886.